The van der Waals surface area contributed by atoms with E-state index in [1.165, 1.54) is 13.8 Å². The van der Waals surface area contributed by atoms with Crippen molar-refractivity contribution in [2.24, 2.45) is 20.5 Å². The minimum Gasteiger partial charge on any atom is -0.744 e. The van der Waals surface area contributed by atoms with Gasteiger partial charge in [0.2, 0.25) is 0 Å². The summed E-state index contributed by atoms with van der Waals surface area (Å²) in [6, 6.07) is 21.9. The van der Waals surface area contributed by atoms with Crippen molar-refractivity contribution in [3.8, 4) is 11.4 Å². The number of carbonyl (C=O) groups excluding carboxylic acids is 2. The zero-order chi connectivity index (χ0) is 40.9. The van der Waals surface area contributed by atoms with Gasteiger partial charge in [-0.3, -0.25) is 9.59 Å². The van der Waals surface area contributed by atoms with E-state index >= 15 is 0 Å². The van der Waals surface area contributed by atoms with Gasteiger partial charge in [-0.05, 0) is 60.7 Å². The Morgan fingerprint density at radius 1 is 0.579 bits per heavy atom. The number of carboxylic acids is 2. The maximum Gasteiger partial charge on any atom is 3.00 e. The Balaban J connectivity index is 0.000000562. The summed E-state index contributed by atoms with van der Waals surface area (Å²) >= 11 is 0. The van der Waals surface area contributed by atoms with Gasteiger partial charge in [0.05, 0.1) is 33.1 Å². The molecule has 0 amide bonds. The molecule has 0 aliphatic carbocycles. The molecule has 6 aromatic rings. The molecule has 2 aromatic heterocycles. The Morgan fingerprint density at radius 2 is 0.912 bits per heavy atom. The first kappa shape index (κ1) is 43.1. The van der Waals surface area contributed by atoms with Gasteiger partial charge in [0.1, 0.15) is 31.6 Å². The Bertz CT molecular complexity index is 2710. The summed E-state index contributed by atoms with van der Waals surface area (Å²) in [7, 11) is -9.68. The van der Waals surface area contributed by atoms with Crippen molar-refractivity contribution >= 4 is 54.9 Å². The van der Waals surface area contributed by atoms with E-state index in [1.807, 2.05) is 0 Å². The molecule has 0 unspecified atom stereocenters. The van der Waals surface area contributed by atoms with E-state index in [4.69, 9.17) is 0 Å². The van der Waals surface area contributed by atoms with Crippen LogP contribution in [-0.4, -0.2) is 47.2 Å². The predicted molar refractivity (Wildman–Crippen MR) is 189 cm³/mol. The number of azo groups is 2. The number of rotatable bonds is 10. The fraction of sp³-hybridized carbons (Fsp3) is 0.0588. The fourth-order valence-electron chi connectivity index (χ4n) is 4.77. The first-order valence-electron chi connectivity index (χ1n) is 15.5. The average Bonchev–Trinajstić information content (AvgIpc) is 3.61. The van der Waals surface area contributed by atoms with E-state index in [0.717, 1.165) is 45.8 Å². The van der Waals surface area contributed by atoms with E-state index in [2.05, 4.69) is 30.7 Å². The molecule has 23 heteroatoms. The number of benzene rings is 4. The van der Waals surface area contributed by atoms with Crippen molar-refractivity contribution in [1.82, 2.24) is 19.6 Å². The molecule has 0 saturated heterocycles. The van der Waals surface area contributed by atoms with Gasteiger partial charge in [-0.1, -0.05) is 50.2 Å². The molecule has 6 rings (SSSR count). The standard InChI is InChI=1S/2C17H14N4O6S.Cr/c2*1-10-15(16(22)21(20-10)11-5-3-2-4-6-11)19-18-14-9-12(28(25,26)27)7-8-13(14)17(23)24;/h2*2-9H,1H3,(H3,18,20,22,23,24,25,26,27);/q;;+3/p-3. The van der Waals surface area contributed by atoms with Crippen LogP contribution < -0.4 is 31.5 Å². The number of aromatic nitrogens is 4. The zero-order valence-corrected chi connectivity index (χ0v) is 31.8. The summed E-state index contributed by atoms with van der Waals surface area (Å²) in [6.07, 6.45) is 0. The number of aromatic carboxylic acids is 2. The molecule has 2 heterocycles. The van der Waals surface area contributed by atoms with Crippen LogP contribution >= 0.6 is 0 Å². The van der Waals surface area contributed by atoms with Crippen molar-refractivity contribution in [2.45, 2.75) is 23.6 Å². The number of hydrogen-bond donors (Lipinski definition) is 0. The molecule has 0 N–H and O–H groups in total. The van der Waals surface area contributed by atoms with Gasteiger partial charge in [0, 0.05) is 22.5 Å². The molecule has 0 spiro atoms. The molecule has 1 radical (unpaired) electrons. The number of carboxylic acid groups (broad SMARTS) is 2. The van der Waals surface area contributed by atoms with Crippen molar-refractivity contribution in [3.05, 3.63) is 140 Å². The maximum atomic E-state index is 12.5. The normalized spacial score (nSPS) is 11.6. The minimum absolute atomic E-state index is 0. The van der Waals surface area contributed by atoms with Crippen LogP contribution in [0.25, 0.3) is 11.4 Å². The topological polar surface area (TPSA) is 316 Å². The number of carbonyl (C=O) groups is 2. The van der Waals surface area contributed by atoms with Crippen LogP contribution in [0.5, 0.6) is 0 Å². The average molecular weight is 854 g/mol. The molecule has 4 aromatic carbocycles. The van der Waals surface area contributed by atoms with Crippen LogP contribution in [-0.2, 0) is 37.6 Å². The SMILES string of the molecule is Cc1[n-]n(-c2ccccc2)c(=O)c1N=Nc1cc(S(=O)(=O)[O-])ccc1C(=O)[O-].Cc1[n-]n(-c2ccccc2)c(=O)c1N=Nc1cc(S(=O)(=O)[O-])ccc1C(=O)[O-].[Cr+3].[H+].[H+].[H+]. The summed E-state index contributed by atoms with van der Waals surface area (Å²) in [6.45, 7) is 3.01. The minimum atomic E-state index is -4.84. The number of aryl methyl sites for hydroxylation is 2. The van der Waals surface area contributed by atoms with Crippen LogP contribution in [0.1, 0.15) is 36.4 Å². The molecule has 291 valence electrons. The van der Waals surface area contributed by atoms with Gasteiger partial charge in [-0.25, -0.2) is 16.8 Å². The molecule has 0 bridgehead atoms. The zero-order valence-electron chi connectivity index (χ0n) is 31.9. The fourth-order valence-corrected chi connectivity index (χ4v) is 5.75. The van der Waals surface area contributed by atoms with E-state index < -0.39 is 75.6 Å². The van der Waals surface area contributed by atoms with Gasteiger partial charge in [0.25, 0.3) is 11.1 Å². The molecule has 20 nitrogen and oxygen atoms in total. The first-order valence-corrected chi connectivity index (χ1v) is 18.3. The van der Waals surface area contributed by atoms with Gasteiger partial charge in [-0.15, -0.1) is 31.8 Å². The second kappa shape index (κ2) is 17.5. The number of nitrogens with zero attached hydrogens (tertiary/aromatic N) is 8. The quantitative estimate of drug-likeness (QED) is 0.140. The summed E-state index contributed by atoms with van der Waals surface area (Å²) < 4.78 is 69.1. The van der Waals surface area contributed by atoms with Crippen LogP contribution in [0, 0.1) is 13.8 Å². The van der Waals surface area contributed by atoms with Crippen LogP contribution in [0.2, 0.25) is 0 Å². The smallest absolute Gasteiger partial charge is 0.744 e. The van der Waals surface area contributed by atoms with Crippen LogP contribution in [0.3, 0.4) is 0 Å². The van der Waals surface area contributed by atoms with Crippen molar-refractivity contribution < 1.29 is 67.4 Å². The van der Waals surface area contributed by atoms with E-state index in [0.29, 0.717) is 11.4 Å². The molecular formula is C34H25CrN8O12S2. The summed E-state index contributed by atoms with van der Waals surface area (Å²) in [4.78, 5) is 46.1. The number of hydrogen-bond acceptors (Lipinski definition) is 16. The molecule has 0 aliphatic rings. The maximum absolute atomic E-state index is 12.5. The van der Waals surface area contributed by atoms with Crippen molar-refractivity contribution in [3.63, 3.8) is 0 Å². The van der Waals surface area contributed by atoms with Crippen LogP contribution in [0.15, 0.2) is 137 Å². The van der Waals surface area contributed by atoms with Crippen molar-refractivity contribution in [1.29, 1.82) is 0 Å². The summed E-state index contributed by atoms with van der Waals surface area (Å²) in [5, 5.41) is 45.3. The molecule has 0 atom stereocenters. The Kier molecular flexibility index (Phi) is 13.2. The Labute approximate surface area is 336 Å². The van der Waals surface area contributed by atoms with E-state index in [-0.39, 0.29) is 44.4 Å². The third-order valence-corrected chi connectivity index (χ3v) is 9.11. The predicted octanol–water partition coefficient (Wildman–Crippen LogP) is 1.91. The van der Waals surface area contributed by atoms with Gasteiger partial charge in [-0.2, -0.15) is 0 Å². The van der Waals surface area contributed by atoms with Gasteiger partial charge in [0.15, 0.2) is 0 Å². The molecule has 0 saturated carbocycles. The third kappa shape index (κ3) is 9.99. The summed E-state index contributed by atoms with van der Waals surface area (Å²) in [5.41, 5.74) is -1.96. The number of para-hydroxylation sites is 2. The largest absolute Gasteiger partial charge is 3.00 e. The molecular weight excluding hydrogens is 829 g/mol. The first-order chi connectivity index (χ1) is 26.4. The van der Waals surface area contributed by atoms with Crippen molar-refractivity contribution in [2.75, 3.05) is 0 Å². The Morgan fingerprint density at radius 3 is 1.21 bits per heavy atom. The molecule has 57 heavy (non-hydrogen) atoms. The van der Waals surface area contributed by atoms with E-state index in [9.17, 15) is 55.3 Å². The second-order valence-electron chi connectivity index (χ2n) is 11.2. The second-order valence-corrected chi connectivity index (χ2v) is 14.0. The van der Waals surface area contributed by atoms with Crippen LogP contribution in [0.4, 0.5) is 22.7 Å². The van der Waals surface area contributed by atoms with Gasteiger partial charge < -0.3 is 48.5 Å². The molecule has 0 fully saturated rings. The van der Waals surface area contributed by atoms with Gasteiger partial charge >= 0.3 is 21.6 Å². The monoisotopic (exact) mass is 853 g/mol. The summed E-state index contributed by atoms with van der Waals surface area (Å²) in [5.74, 6) is -3.30. The Hall–Kier alpha value is -6.61. The van der Waals surface area contributed by atoms with E-state index in [1.54, 1.807) is 60.7 Å². The third-order valence-electron chi connectivity index (χ3n) is 7.45. The molecule has 0 aliphatic heterocycles.